The average Bonchev–Trinajstić information content (AvgIpc) is 2.18. The Balaban J connectivity index is 2.87. The number of ether oxygens (including phenoxy) is 1. The van der Waals surface area contributed by atoms with E-state index in [0.717, 1.165) is 6.54 Å². The van der Waals surface area contributed by atoms with Crippen molar-refractivity contribution in [1.29, 1.82) is 0 Å². The highest BCUT2D eigenvalue weighted by atomic mass is 35.5. The summed E-state index contributed by atoms with van der Waals surface area (Å²) in [6.45, 7) is 0.281. The Morgan fingerprint density at radius 1 is 1.47 bits per heavy atom. The zero-order valence-corrected chi connectivity index (χ0v) is 9.02. The second-order valence-corrected chi connectivity index (χ2v) is 3.29. The molecule has 0 aromatic heterocycles. The fourth-order valence-electron chi connectivity index (χ4n) is 1.17. The fourth-order valence-corrected chi connectivity index (χ4v) is 1.41. The molecule has 0 spiro atoms. The van der Waals surface area contributed by atoms with Crippen molar-refractivity contribution in [2.75, 3.05) is 6.54 Å². The third-order valence-corrected chi connectivity index (χ3v) is 2.12. The van der Waals surface area contributed by atoms with E-state index in [1.807, 2.05) is 6.92 Å². The molecule has 0 aliphatic heterocycles. The molecule has 0 aliphatic carbocycles. The Morgan fingerprint density at radius 3 is 2.80 bits per heavy atom. The summed E-state index contributed by atoms with van der Waals surface area (Å²) in [7, 11) is 0. The van der Waals surface area contributed by atoms with Crippen molar-refractivity contribution in [1.82, 2.24) is 5.32 Å². The number of para-hydroxylation sites is 1. The van der Waals surface area contributed by atoms with Crippen LogP contribution in [0, 0.1) is 0 Å². The molecule has 1 aromatic carbocycles. The average molecular weight is 236 g/mol. The summed E-state index contributed by atoms with van der Waals surface area (Å²) in [5.41, 5.74) is 0.629. The van der Waals surface area contributed by atoms with Crippen LogP contribution in [0.5, 0.6) is 5.75 Å². The van der Waals surface area contributed by atoms with E-state index >= 15 is 0 Å². The molecule has 0 heterocycles. The Hall–Kier alpha value is -0.870. The van der Waals surface area contributed by atoms with E-state index in [1.54, 1.807) is 12.1 Å². The first-order valence-corrected chi connectivity index (χ1v) is 4.95. The Kier molecular flexibility index (Phi) is 4.78. The standard InChI is InChI=1S/C10H12ClF2NO/c1-2-14-6-7-4-3-5-8(11)9(7)15-10(12)13/h3-5,10,14H,2,6H2,1H3. The van der Waals surface area contributed by atoms with E-state index in [-0.39, 0.29) is 10.8 Å². The number of hydrogen-bond donors (Lipinski definition) is 1. The van der Waals surface area contributed by atoms with Crippen LogP contribution in [0.15, 0.2) is 18.2 Å². The van der Waals surface area contributed by atoms with Crippen LogP contribution in [-0.2, 0) is 6.54 Å². The fraction of sp³-hybridized carbons (Fsp3) is 0.400. The van der Waals surface area contributed by atoms with Crippen molar-refractivity contribution in [2.45, 2.75) is 20.1 Å². The van der Waals surface area contributed by atoms with Crippen LogP contribution in [0.4, 0.5) is 8.78 Å². The predicted octanol–water partition coefficient (Wildman–Crippen LogP) is 3.05. The van der Waals surface area contributed by atoms with Crippen molar-refractivity contribution >= 4 is 11.6 Å². The van der Waals surface area contributed by atoms with Gasteiger partial charge in [-0.15, -0.1) is 0 Å². The van der Waals surface area contributed by atoms with Gasteiger partial charge < -0.3 is 10.1 Å². The third-order valence-electron chi connectivity index (χ3n) is 1.82. The van der Waals surface area contributed by atoms with E-state index in [2.05, 4.69) is 10.1 Å². The van der Waals surface area contributed by atoms with Gasteiger partial charge in [-0.05, 0) is 12.6 Å². The molecule has 0 fully saturated rings. The molecule has 0 unspecified atom stereocenters. The molecule has 1 N–H and O–H groups in total. The molecule has 0 amide bonds. The maximum Gasteiger partial charge on any atom is 0.387 e. The van der Waals surface area contributed by atoms with Crippen LogP contribution in [0.3, 0.4) is 0 Å². The molecule has 0 atom stereocenters. The minimum atomic E-state index is -2.86. The van der Waals surface area contributed by atoms with Crippen LogP contribution in [0.25, 0.3) is 0 Å². The normalized spacial score (nSPS) is 10.7. The van der Waals surface area contributed by atoms with Crippen molar-refractivity contribution in [3.05, 3.63) is 28.8 Å². The highest BCUT2D eigenvalue weighted by Crippen LogP contribution is 2.29. The molecule has 1 aromatic rings. The molecule has 0 saturated heterocycles. The predicted molar refractivity (Wildman–Crippen MR) is 55.5 cm³/mol. The minimum absolute atomic E-state index is 0.0510. The summed E-state index contributed by atoms with van der Waals surface area (Å²) in [4.78, 5) is 0. The second-order valence-electron chi connectivity index (χ2n) is 2.89. The smallest absolute Gasteiger partial charge is 0.387 e. The number of nitrogens with one attached hydrogen (secondary N) is 1. The van der Waals surface area contributed by atoms with Gasteiger partial charge in [0.1, 0.15) is 5.75 Å². The van der Waals surface area contributed by atoms with Gasteiger partial charge in [0.15, 0.2) is 0 Å². The zero-order valence-electron chi connectivity index (χ0n) is 8.27. The molecule has 1 rings (SSSR count). The summed E-state index contributed by atoms with van der Waals surface area (Å²) < 4.78 is 28.6. The van der Waals surface area contributed by atoms with Crippen molar-refractivity contribution < 1.29 is 13.5 Å². The summed E-state index contributed by atoms with van der Waals surface area (Å²) in [6, 6.07) is 4.92. The lowest BCUT2D eigenvalue weighted by molar-refractivity contribution is -0.0504. The highest BCUT2D eigenvalue weighted by Gasteiger charge is 2.12. The maximum atomic E-state index is 12.1. The molecular weight excluding hydrogens is 224 g/mol. The molecule has 5 heteroatoms. The Labute approximate surface area is 92.2 Å². The van der Waals surface area contributed by atoms with Gasteiger partial charge in [-0.1, -0.05) is 30.7 Å². The van der Waals surface area contributed by atoms with Crippen LogP contribution in [-0.4, -0.2) is 13.2 Å². The second kappa shape index (κ2) is 5.88. The first kappa shape index (κ1) is 12.2. The van der Waals surface area contributed by atoms with Crippen LogP contribution < -0.4 is 10.1 Å². The third kappa shape index (κ3) is 3.64. The van der Waals surface area contributed by atoms with Gasteiger partial charge >= 0.3 is 6.61 Å². The molecule has 0 aliphatic rings. The minimum Gasteiger partial charge on any atom is -0.433 e. The van der Waals surface area contributed by atoms with Gasteiger partial charge in [-0.2, -0.15) is 8.78 Å². The van der Waals surface area contributed by atoms with Crippen molar-refractivity contribution in [3.8, 4) is 5.75 Å². The van der Waals surface area contributed by atoms with Crippen LogP contribution in [0.1, 0.15) is 12.5 Å². The Bertz CT molecular complexity index is 320. The van der Waals surface area contributed by atoms with E-state index in [4.69, 9.17) is 11.6 Å². The monoisotopic (exact) mass is 235 g/mol. The number of benzene rings is 1. The van der Waals surface area contributed by atoms with Crippen LogP contribution >= 0.6 is 11.6 Å². The van der Waals surface area contributed by atoms with E-state index < -0.39 is 6.61 Å². The molecule has 15 heavy (non-hydrogen) atoms. The lowest BCUT2D eigenvalue weighted by Crippen LogP contribution is -2.14. The summed E-state index contributed by atoms with van der Waals surface area (Å²) in [6.07, 6.45) is 0. The maximum absolute atomic E-state index is 12.1. The first-order chi connectivity index (χ1) is 7.15. The molecule has 2 nitrogen and oxygen atoms in total. The number of halogens is 3. The molecule has 0 bridgehead atoms. The van der Waals surface area contributed by atoms with E-state index in [0.29, 0.717) is 12.1 Å². The van der Waals surface area contributed by atoms with Gasteiger partial charge in [0.2, 0.25) is 0 Å². The molecular formula is C10H12ClF2NO. The van der Waals surface area contributed by atoms with E-state index in [1.165, 1.54) is 6.07 Å². The largest absolute Gasteiger partial charge is 0.433 e. The SMILES string of the molecule is CCNCc1cccc(Cl)c1OC(F)F. The summed E-state index contributed by atoms with van der Waals surface area (Å²) in [5.74, 6) is 0.0510. The van der Waals surface area contributed by atoms with Crippen molar-refractivity contribution in [2.24, 2.45) is 0 Å². The summed E-state index contributed by atoms with van der Waals surface area (Å²) >= 11 is 5.77. The van der Waals surface area contributed by atoms with Gasteiger partial charge in [0.25, 0.3) is 0 Å². The van der Waals surface area contributed by atoms with Gasteiger partial charge in [0.05, 0.1) is 5.02 Å². The Morgan fingerprint density at radius 2 is 2.20 bits per heavy atom. The molecule has 0 radical (unpaired) electrons. The lowest BCUT2D eigenvalue weighted by atomic mass is 10.2. The highest BCUT2D eigenvalue weighted by molar-refractivity contribution is 6.32. The molecule has 0 saturated carbocycles. The number of alkyl halides is 2. The topological polar surface area (TPSA) is 21.3 Å². The van der Waals surface area contributed by atoms with E-state index in [9.17, 15) is 8.78 Å². The molecule has 84 valence electrons. The van der Waals surface area contributed by atoms with Gasteiger partial charge in [-0.3, -0.25) is 0 Å². The zero-order chi connectivity index (χ0) is 11.3. The lowest BCUT2D eigenvalue weighted by Gasteiger charge is -2.12. The van der Waals surface area contributed by atoms with Crippen LogP contribution in [0.2, 0.25) is 5.02 Å². The summed E-state index contributed by atoms with van der Waals surface area (Å²) in [5, 5.41) is 3.22. The number of hydrogen-bond acceptors (Lipinski definition) is 2. The van der Waals surface area contributed by atoms with Gasteiger partial charge in [-0.25, -0.2) is 0 Å². The number of rotatable bonds is 5. The van der Waals surface area contributed by atoms with Gasteiger partial charge in [0, 0.05) is 12.1 Å². The first-order valence-electron chi connectivity index (χ1n) is 4.58. The quantitative estimate of drug-likeness (QED) is 0.847. The van der Waals surface area contributed by atoms with Crippen molar-refractivity contribution in [3.63, 3.8) is 0 Å².